The summed E-state index contributed by atoms with van der Waals surface area (Å²) in [4.78, 5) is 7.67. The minimum atomic E-state index is -4.41. The molecule has 1 N–H and O–H groups in total. The highest BCUT2D eigenvalue weighted by Crippen LogP contribution is 2.31. The topological polar surface area (TPSA) is 61.6 Å². The molecule has 2 rings (SSSR count). The van der Waals surface area contributed by atoms with Crippen LogP contribution in [0.1, 0.15) is 16.8 Å². The smallest absolute Gasteiger partial charge is 0.350 e. The van der Waals surface area contributed by atoms with Crippen molar-refractivity contribution in [2.45, 2.75) is 12.7 Å². The van der Waals surface area contributed by atoms with Gasteiger partial charge in [0.2, 0.25) is 5.95 Å². The molecule has 4 nitrogen and oxygen atoms in total. The molecule has 1 aromatic carbocycles. The SMILES string of the molecule is N#Cc1ccnc(NCc2ccccc2C(F)(F)F)n1. The molecule has 0 spiro atoms. The third kappa shape index (κ3) is 3.23. The third-order valence-corrected chi connectivity index (χ3v) is 2.53. The number of alkyl halides is 3. The van der Waals surface area contributed by atoms with E-state index >= 15 is 0 Å². The van der Waals surface area contributed by atoms with E-state index in [-0.39, 0.29) is 23.8 Å². The first-order chi connectivity index (χ1) is 9.50. The third-order valence-electron chi connectivity index (χ3n) is 2.53. The van der Waals surface area contributed by atoms with Gasteiger partial charge in [-0.3, -0.25) is 0 Å². The van der Waals surface area contributed by atoms with Crippen molar-refractivity contribution in [1.82, 2.24) is 9.97 Å². The molecular formula is C13H9F3N4. The van der Waals surface area contributed by atoms with Gasteiger partial charge in [0.05, 0.1) is 5.56 Å². The number of rotatable bonds is 3. The minimum absolute atomic E-state index is 0.0788. The summed E-state index contributed by atoms with van der Waals surface area (Å²) in [5.74, 6) is 0.112. The molecule has 2 aromatic rings. The van der Waals surface area contributed by atoms with E-state index in [0.717, 1.165) is 6.07 Å². The number of hydrogen-bond acceptors (Lipinski definition) is 4. The van der Waals surface area contributed by atoms with Crippen molar-refractivity contribution in [1.29, 1.82) is 5.26 Å². The fourth-order valence-electron chi connectivity index (χ4n) is 1.63. The molecule has 0 fully saturated rings. The summed E-state index contributed by atoms with van der Waals surface area (Å²) < 4.78 is 38.4. The van der Waals surface area contributed by atoms with Gasteiger partial charge in [-0.2, -0.15) is 18.4 Å². The maximum atomic E-state index is 12.8. The van der Waals surface area contributed by atoms with E-state index in [0.29, 0.717) is 0 Å². The second-order valence-corrected chi connectivity index (χ2v) is 3.89. The lowest BCUT2D eigenvalue weighted by Gasteiger charge is -2.13. The Balaban J connectivity index is 2.17. The molecule has 0 saturated carbocycles. The van der Waals surface area contributed by atoms with Crippen molar-refractivity contribution >= 4 is 5.95 Å². The Bertz CT molecular complexity index is 647. The zero-order chi connectivity index (χ0) is 14.6. The monoisotopic (exact) mass is 278 g/mol. The predicted octanol–water partition coefficient (Wildman–Crippen LogP) is 2.98. The molecule has 0 bridgehead atoms. The van der Waals surface area contributed by atoms with Gasteiger partial charge in [-0.1, -0.05) is 18.2 Å². The molecule has 0 amide bonds. The van der Waals surface area contributed by atoms with Crippen LogP contribution >= 0.6 is 0 Å². The van der Waals surface area contributed by atoms with Crippen LogP contribution in [0, 0.1) is 11.3 Å². The number of aromatic nitrogens is 2. The molecule has 7 heteroatoms. The average Bonchev–Trinajstić information content (AvgIpc) is 2.44. The number of nitrogens with one attached hydrogen (secondary N) is 1. The van der Waals surface area contributed by atoms with Gasteiger partial charge in [0.15, 0.2) is 0 Å². The maximum Gasteiger partial charge on any atom is 0.416 e. The number of nitriles is 1. The van der Waals surface area contributed by atoms with Gasteiger partial charge in [0.1, 0.15) is 11.8 Å². The van der Waals surface area contributed by atoms with Crippen molar-refractivity contribution in [2.75, 3.05) is 5.32 Å². The second-order valence-electron chi connectivity index (χ2n) is 3.89. The van der Waals surface area contributed by atoms with Gasteiger partial charge in [-0.05, 0) is 17.7 Å². The number of halogens is 3. The van der Waals surface area contributed by atoms with Crippen molar-refractivity contribution in [2.24, 2.45) is 0 Å². The molecule has 102 valence electrons. The largest absolute Gasteiger partial charge is 0.416 e. The molecule has 0 aliphatic heterocycles. The minimum Gasteiger partial charge on any atom is -0.350 e. The predicted molar refractivity (Wildman–Crippen MR) is 65.5 cm³/mol. The van der Waals surface area contributed by atoms with Gasteiger partial charge in [0.25, 0.3) is 0 Å². The lowest BCUT2D eigenvalue weighted by molar-refractivity contribution is -0.138. The zero-order valence-electron chi connectivity index (χ0n) is 10.1. The Morgan fingerprint density at radius 1 is 1.20 bits per heavy atom. The summed E-state index contributed by atoms with van der Waals surface area (Å²) >= 11 is 0. The van der Waals surface area contributed by atoms with Crippen LogP contribution in [0.2, 0.25) is 0 Å². The van der Waals surface area contributed by atoms with Crippen molar-refractivity contribution < 1.29 is 13.2 Å². The Morgan fingerprint density at radius 2 is 1.95 bits per heavy atom. The average molecular weight is 278 g/mol. The van der Waals surface area contributed by atoms with Crippen molar-refractivity contribution in [3.63, 3.8) is 0 Å². The van der Waals surface area contributed by atoms with Gasteiger partial charge in [-0.25, -0.2) is 9.97 Å². The van der Waals surface area contributed by atoms with Gasteiger partial charge in [-0.15, -0.1) is 0 Å². The molecule has 20 heavy (non-hydrogen) atoms. The van der Waals surface area contributed by atoms with E-state index in [9.17, 15) is 13.2 Å². The summed E-state index contributed by atoms with van der Waals surface area (Å²) in [6.45, 7) is -0.0788. The van der Waals surface area contributed by atoms with Crippen LogP contribution in [-0.4, -0.2) is 9.97 Å². The highest BCUT2D eigenvalue weighted by Gasteiger charge is 2.32. The molecule has 0 radical (unpaired) electrons. The number of benzene rings is 1. The second kappa shape index (κ2) is 5.57. The van der Waals surface area contributed by atoms with Crippen LogP contribution in [0.4, 0.5) is 19.1 Å². The van der Waals surface area contributed by atoms with E-state index < -0.39 is 11.7 Å². The molecule has 0 aliphatic rings. The van der Waals surface area contributed by atoms with Gasteiger partial charge in [0, 0.05) is 12.7 Å². The fourth-order valence-corrected chi connectivity index (χ4v) is 1.63. The summed E-state index contributed by atoms with van der Waals surface area (Å²) in [7, 11) is 0. The van der Waals surface area contributed by atoms with Crippen LogP contribution in [0.25, 0.3) is 0 Å². The van der Waals surface area contributed by atoms with Crippen molar-refractivity contribution in [3.05, 3.63) is 53.3 Å². The molecule has 0 saturated heterocycles. The highest BCUT2D eigenvalue weighted by atomic mass is 19.4. The van der Waals surface area contributed by atoms with E-state index in [1.807, 2.05) is 6.07 Å². The lowest BCUT2D eigenvalue weighted by Crippen LogP contribution is -2.12. The summed E-state index contributed by atoms with van der Waals surface area (Å²) in [6.07, 6.45) is -3.04. The van der Waals surface area contributed by atoms with Crippen LogP contribution in [-0.2, 0) is 12.7 Å². The van der Waals surface area contributed by atoms with Crippen molar-refractivity contribution in [3.8, 4) is 6.07 Å². The molecule has 1 heterocycles. The molecule has 1 aromatic heterocycles. The number of anilines is 1. The summed E-state index contributed by atoms with van der Waals surface area (Å²) in [5.41, 5.74) is -0.471. The lowest BCUT2D eigenvalue weighted by atomic mass is 10.1. The quantitative estimate of drug-likeness (QED) is 0.937. The molecule has 0 aliphatic carbocycles. The summed E-state index contributed by atoms with van der Waals surface area (Å²) in [6, 6.07) is 8.50. The Labute approximate surface area is 112 Å². The van der Waals surface area contributed by atoms with E-state index in [1.54, 1.807) is 0 Å². The first kappa shape index (κ1) is 13.8. The molecule has 0 atom stereocenters. The van der Waals surface area contributed by atoms with E-state index in [4.69, 9.17) is 5.26 Å². The number of nitrogens with zero attached hydrogens (tertiary/aromatic N) is 3. The normalized spacial score (nSPS) is 10.9. The first-order valence-electron chi connectivity index (χ1n) is 5.63. The van der Waals surface area contributed by atoms with Crippen LogP contribution < -0.4 is 5.32 Å². The molecular weight excluding hydrogens is 269 g/mol. The van der Waals surface area contributed by atoms with E-state index in [1.165, 1.54) is 30.5 Å². The van der Waals surface area contributed by atoms with E-state index in [2.05, 4.69) is 15.3 Å². The molecule has 0 unspecified atom stereocenters. The van der Waals surface area contributed by atoms with Crippen LogP contribution in [0.5, 0.6) is 0 Å². The summed E-state index contributed by atoms with van der Waals surface area (Å²) in [5, 5.41) is 11.4. The highest BCUT2D eigenvalue weighted by molar-refractivity contribution is 5.35. The first-order valence-corrected chi connectivity index (χ1v) is 5.63. The zero-order valence-corrected chi connectivity index (χ0v) is 10.1. The fraction of sp³-hybridized carbons (Fsp3) is 0.154. The maximum absolute atomic E-state index is 12.8. The standard InChI is InChI=1S/C13H9F3N4/c14-13(15,16)11-4-2-1-3-9(11)8-19-12-18-6-5-10(7-17)20-12/h1-6H,8H2,(H,18,19,20). The number of hydrogen-bond donors (Lipinski definition) is 1. The van der Waals surface area contributed by atoms with Crippen LogP contribution in [0.3, 0.4) is 0 Å². The Hall–Kier alpha value is -2.62. The van der Waals surface area contributed by atoms with Crippen LogP contribution in [0.15, 0.2) is 36.5 Å². The Kier molecular flexibility index (Phi) is 3.84. The van der Waals surface area contributed by atoms with Gasteiger partial charge < -0.3 is 5.32 Å². The van der Waals surface area contributed by atoms with Gasteiger partial charge >= 0.3 is 6.18 Å². The Morgan fingerprint density at radius 3 is 2.65 bits per heavy atom.